The fraction of sp³-hybridized carbons (Fsp3) is 0.333. The van der Waals surface area contributed by atoms with Gasteiger partial charge in [0.1, 0.15) is 30.7 Å². The summed E-state index contributed by atoms with van der Waals surface area (Å²) in [5.74, 6) is -0.340. The largest absolute Gasteiger partial charge is 0.493 e. The van der Waals surface area contributed by atoms with Crippen molar-refractivity contribution >= 4 is 23.9 Å². The number of esters is 2. The summed E-state index contributed by atoms with van der Waals surface area (Å²) in [4.78, 5) is 49.7. The molecule has 3 amide bonds. The van der Waals surface area contributed by atoms with Gasteiger partial charge in [-0.3, -0.25) is 9.59 Å². The van der Waals surface area contributed by atoms with E-state index in [0.717, 1.165) is 0 Å². The van der Waals surface area contributed by atoms with Crippen molar-refractivity contribution in [3.63, 3.8) is 0 Å². The van der Waals surface area contributed by atoms with Crippen LogP contribution in [0, 0.1) is 6.92 Å². The monoisotopic (exact) mass is 501 g/mol. The molecule has 0 fully saturated rings. The maximum atomic E-state index is 12.7. The molecule has 36 heavy (non-hydrogen) atoms. The van der Waals surface area contributed by atoms with Crippen LogP contribution in [0.3, 0.4) is 0 Å². The van der Waals surface area contributed by atoms with Gasteiger partial charge in [-0.1, -0.05) is 0 Å². The first-order valence-electron chi connectivity index (χ1n) is 11.0. The number of ether oxygens (including phenoxy) is 4. The Kier molecular flexibility index (Phi) is 8.55. The summed E-state index contributed by atoms with van der Waals surface area (Å²) in [6.07, 6.45) is 0. The van der Waals surface area contributed by atoms with E-state index < -0.39 is 43.1 Å². The molecule has 2 heterocycles. The van der Waals surface area contributed by atoms with Crippen molar-refractivity contribution in [1.82, 2.24) is 16.0 Å². The Morgan fingerprint density at radius 2 is 1.81 bits per heavy atom. The van der Waals surface area contributed by atoms with Gasteiger partial charge in [-0.25, -0.2) is 9.59 Å². The zero-order valence-corrected chi connectivity index (χ0v) is 20.3. The van der Waals surface area contributed by atoms with E-state index in [1.807, 2.05) is 0 Å². The molecular weight excluding hydrogens is 474 g/mol. The number of furan rings is 1. The molecule has 1 aromatic carbocycles. The van der Waals surface area contributed by atoms with Crippen LogP contribution < -0.4 is 25.4 Å². The highest BCUT2D eigenvalue weighted by atomic mass is 16.5. The van der Waals surface area contributed by atoms with Crippen LogP contribution in [0.25, 0.3) is 0 Å². The number of carbonyl (C=O) groups is 4. The Bertz CT molecular complexity index is 1190. The average molecular weight is 501 g/mol. The first kappa shape index (κ1) is 26.1. The highest BCUT2D eigenvalue weighted by molar-refractivity contribution is 5.97. The highest BCUT2D eigenvalue weighted by Crippen LogP contribution is 2.29. The van der Waals surface area contributed by atoms with Crippen LogP contribution in [0.15, 0.2) is 46.0 Å². The van der Waals surface area contributed by atoms with Gasteiger partial charge in [0.2, 0.25) is 0 Å². The predicted molar refractivity (Wildman–Crippen MR) is 124 cm³/mol. The second kappa shape index (κ2) is 11.8. The molecule has 1 aliphatic heterocycles. The molecule has 0 saturated carbocycles. The second-order valence-corrected chi connectivity index (χ2v) is 7.51. The molecule has 3 rings (SSSR count). The van der Waals surface area contributed by atoms with E-state index in [-0.39, 0.29) is 23.4 Å². The molecule has 12 nitrogen and oxygen atoms in total. The van der Waals surface area contributed by atoms with E-state index >= 15 is 0 Å². The standard InChI is InChI=1S/C24H27N3O9/c1-5-34-23(30)20-15(26-24(31)27-21(20)17-8-6-13(2)36-17)12-35-19(28)11-25-22(29)14-7-9-16(32-3)18(10-14)33-4/h6-10,21H,5,11-12H2,1-4H3,(H,25,29)(H2,26,27,31)/t21-/m0/s1. The van der Waals surface area contributed by atoms with Gasteiger partial charge in [0.05, 0.1) is 32.1 Å². The summed E-state index contributed by atoms with van der Waals surface area (Å²) in [6, 6.07) is 6.30. The Hall–Kier alpha value is -4.48. The lowest BCUT2D eigenvalue weighted by atomic mass is 10.0. The molecule has 3 N–H and O–H groups in total. The minimum absolute atomic E-state index is 0.0352. The van der Waals surface area contributed by atoms with Gasteiger partial charge in [-0.15, -0.1) is 0 Å². The molecule has 12 heteroatoms. The van der Waals surface area contributed by atoms with E-state index in [1.165, 1.54) is 26.4 Å². The number of nitrogens with one attached hydrogen (secondary N) is 3. The van der Waals surface area contributed by atoms with Gasteiger partial charge in [0.25, 0.3) is 5.91 Å². The Morgan fingerprint density at radius 3 is 2.44 bits per heavy atom. The van der Waals surface area contributed by atoms with E-state index in [4.69, 9.17) is 23.4 Å². The molecule has 192 valence electrons. The molecule has 0 aliphatic carbocycles. The third kappa shape index (κ3) is 6.14. The third-order valence-corrected chi connectivity index (χ3v) is 5.11. The number of hydrogen-bond acceptors (Lipinski definition) is 9. The van der Waals surface area contributed by atoms with Crippen LogP contribution in [0.1, 0.15) is 34.8 Å². The summed E-state index contributed by atoms with van der Waals surface area (Å²) >= 11 is 0. The van der Waals surface area contributed by atoms with Crippen LogP contribution in [0.5, 0.6) is 11.5 Å². The van der Waals surface area contributed by atoms with Crippen LogP contribution in [-0.2, 0) is 19.1 Å². The zero-order chi connectivity index (χ0) is 26.2. The first-order chi connectivity index (χ1) is 17.3. The molecule has 1 aliphatic rings. The third-order valence-electron chi connectivity index (χ3n) is 5.11. The summed E-state index contributed by atoms with van der Waals surface area (Å²) < 4.78 is 26.2. The summed E-state index contributed by atoms with van der Waals surface area (Å²) in [6.45, 7) is 2.56. The number of aryl methyl sites for hydroxylation is 1. The number of amides is 3. The smallest absolute Gasteiger partial charge is 0.338 e. The molecule has 0 radical (unpaired) electrons. The SMILES string of the molecule is CCOC(=O)C1=C(COC(=O)CNC(=O)c2ccc(OC)c(OC)c2)NC(=O)N[C@H]1c1ccc(C)o1. The molecule has 0 unspecified atom stereocenters. The molecular formula is C24H27N3O9. The normalized spacial score (nSPS) is 14.9. The van der Waals surface area contributed by atoms with Crippen molar-refractivity contribution in [3.05, 3.63) is 58.7 Å². The van der Waals surface area contributed by atoms with Crippen LogP contribution in [0.4, 0.5) is 4.79 Å². The summed E-state index contributed by atoms with van der Waals surface area (Å²) in [5.41, 5.74) is 0.318. The fourth-order valence-electron chi connectivity index (χ4n) is 3.44. The number of urea groups is 1. The topological polar surface area (TPSA) is 154 Å². The second-order valence-electron chi connectivity index (χ2n) is 7.51. The maximum absolute atomic E-state index is 12.7. The number of carbonyl (C=O) groups excluding carboxylic acids is 4. The Morgan fingerprint density at radius 1 is 1.06 bits per heavy atom. The molecule has 0 bridgehead atoms. The molecule has 0 spiro atoms. The quantitative estimate of drug-likeness (QED) is 0.413. The first-order valence-corrected chi connectivity index (χ1v) is 11.0. The fourth-order valence-corrected chi connectivity index (χ4v) is 3.44. The lowest BCUT2D eigenvalue weighted by Crippen LogP contribution is -2.47. The molecule has 0 saturated heterocycles. The van der Waals surface area contributed by atoms with Crippen molar-refractivity contribution in [2.24, 2.45) is 0 Å². The number of benzene rings is 1. The molecule has 1 aromatic heterocycles. The summed E-state index contributed by atoms with van der Waals surface area (Å²) in [7, 11) is 2.91. The van der Waals surface area contributed by atoms with Crippen molar-refractivity contribution in [2.45, 2.75) is 19.9 Å². The lowest BCUT2D eigenvalue weighted by Gasteiger charge is -2.27. The molecule has 1 atom stereocenters. The van der Waals surface area contributed by atoms with Gasteiger partial charge in [0, 0.05) is 5.56 Å². The molecule has 2 aromatic rings. The van der Waals surface area contributed by atoms with Crippen molar-refractivity contribution in [3.8, 4) is 11.5 Å². The van der Waals surface area contributed by atoms with Gasteiger partial charge < -0.3 is 39.3 Å². The van der Waals surface area contributed by atoms with Gasteiger partial charge in [-0.2, -0.15) is 0 Å². The summed E-state index contributed by atoms with van der Waals surface area (Å²) in [5, 5.41) is 7.53. The van der Waals surface area contributed by atoms with E-state index in [9.17, 15) is 19.2 Å². The average Bonchev–Trinajstić information content (AvgIpc) is 3.31. The van der Waals surface area contributed by atoms with Crippen molar-refractivity contribution in [2.75, 3.05) is 34.0 Å². The van der Waals surface area contributed by atoms with E-state index in [0.29, 0.717) is 23.0 Å². The minimum Gasteiger partial charge on any atom is -0.493 e. The number of methoxy groups -OCH3 is 2. The van der Waals surface area contributed by atoms with Gasteiger partial charge >= 0.3 is 18.0 Å². The number of rotatable bonds is 10. The predicted octanol–water partition coefficient (Wildman–Crippen LogP) is 1.75. The van der Waals surface area contributed by atoms with Crippen molar-refractivity contribution < 1.29 is 42.5 Å². The van der Waals surface area contributed by atoms with Gasteiger partial charge in [0.15, 0.2) is 11.5 Å². The minimum atomic E-state index is -0.940. The Balaban J connectivity index is 1.69. The van der Waals surface area contributed by atoms with E-state index in [2.05, 4.69) is 16.0 Å². The maximum Gasteiger partial charge on any atom is 0.338 e. The Labute approximate surface area is 206 Å². The number of hydrogen-bond donors (Lipinski definition) is 3. The van der Waals surface area contributed by atoms with Crippen LogP contribution >= 0.6 is 0 Å². The van der Waals surface area contributed by atoms with Gasteiger partial charge in [-0.05, 0) is 44.2 Å². The van der Waals surface area contributed by atoms with Crippen LogP contribution in [-0.4, -0.2) is 57.9 Å². The van der Waals surface area contributed by atoms with Crippen LogP contribution in [0.2, 0.25) is 0 Å². The lowest BCUT2D eigenvalue weighted by molar-refractivity contribution is -0.142. The van der Waals surface area contributed by atoms with E-state index in [1.54, 1.807) is 32.0 Å². The highest BCUT2D eigenvalue weighted by Gasteiger charge is 2.36. The zero-order valence-electron chi connectivity index (χ0n) is 20.3. The van der Waals surface area contributed by atoms with Crippen molar-refractivity contribution in [1.29, 1.82) is 0 Å².